The van der Waals surface area contributed by atoms with Crippen molar-refractivity contribution < 1.29 is 4.79 Å². The lowest BCUT2D eigenvalue weighted by Crippen LogP contribution is -2.59. The highest BCUT2D eigenvalue weighted by Gasteiger charge is 2.39. The number of nitrogens with zero attached hydrogens (tertiary/aromatic N) is 1. The number of hydrogen-bond acceptors (Lipinski definition) is 2. The third-order valence-corrected chi connectivity index (χ3v) is 5.97. The maximum absolute atomic E-state index is 12.9. The minimum Gasteiger partial charge on any atom is -0.334 e. The van der Waals surface area contributed by atoms with Crippen molar-refractivity contribution in [2.45, 2.75) is 70.9 Å². The molecular formula is C17H30N2O. The van der Waals surface area contributed by atoms with Crippen LogP contribution >= 0.6 is 0 Å². The lowest BCUT2D eigenvalue weighted by molar-refractivity contribution is -0.143. The second-order valence-electron chi connectivity index (χ2n) is 7.42. The fraction of sp³-hybridized carbons (Fsp3) is 0.941. The van der Waals surface area contributed by atoms with E-state index in [9.17, 15) is 4.79 Å². The second-order valence-corrected chi connectivity index (χ2v) is 7.42. The number of nitrogens with one attached hydrogen (secondary N) is 1. The van der Waals surface area contributed by atoms with E-state index >= 15 is 0 Å². The highest BCUT2D eigenvalue weighted by molar-refractivity contribution is 5.79. The Balaban J connectivity index is 1.64. The molecule has 0 aromatic heterocycles. The molecule has 3 aliphatic rings. The smallest absolute Gasteiger partial charge is 0.226 e. The molecule has 0 aromatic carbocycles. The van der Waals surface area contributed by atoms with Gasteiger partial charge in [0, 0.05) is 31.1 Å². The first kappa shape index (κ1) is 14.4. The first-order chi connectivity index (χ1) is 9.66. The molecule has 2 saturated carbocycles. The van der Waals surface area contributed by atoms with E-state index in [1.807, 2.05) is 0 Å². The van der Waals surface area contributed by atoms with Gasteiger partial charge in [-0.3, -0.25) is 4.79 Å². The quantitative estimate of drug-likeness (QED) is 0.800. The van der Waals surface area contributed by atoms with Crippen molar-refractivity contribution in [1.82, 2.24) is 10.2 Å². The van der Waals surface area contributed by atoms with Crippen molar-refractivity contribution in [3.05, 3.63) is 0 Å². The molecule has 3 fully saturated rings. The average molecular weight is 278 g/mol. The SMILES string of the molecule is CC1CNCC(C)N1C(=O)C1CCC2CCCCC2C1. The van der Waals surface area contributed by atoms with E-state index in [4.69, 9.17) is 0 Å². The largest absolute Gasteiger partial charge is 0.334 e. The molecule has 1 aliphatic heterocycles. The van der Waals surface area contributed by atoms with Gasteiger partial charge in [-0.05, 0) is 44.9 Å². The predicted molar refractivity (Wildman–Crippen MR) is 81.4 cm³/mol. The first-order valence-corrected chi connectivity index (χ1v) is 8.69. The van der Waals surface area contributed by atoms with Crippen LogP contribution in [0.1, 0.15) is 58.8 Å². The molecule has 0 radical (unpaired) electrons. The van der Waals surface area contributed by atoms with Crippen LogP contribution in [0.25, 0.3) is 0 Å². The fourth-order valence-corrected chi connectivity index (χ4v) is 4.88. The fourth-order valence-electron chi connectivity index (χ4n) is 4.88. The third-order valence-electron chi connectivity index (χ3n) is 5.97. The molecular weight excluding hydrogens is 248 g/mol. The molecule has 0 bridgehead atoms. The van der Waals surface area contributed by atoms with Gasteiger partial charge in [0.05, 0.1) is 0 Å². The molecule has 20 heavy (non-hydrogen) atoms. The van der Waals surface area contributed by atoms with Gasteiger partial charge >= 0.3 is 0 Å². The Bertz CT molecular complexity index is 347. The van der Waals surface area contributed by atoms with Crippen LogP contribution in [0.5, 0.6) is 0 Å². The van der Waals surface area contributed by atoms with Crippen LogP contribution in [0.2, 0.25) is 0 Å². The Kier molecular flexibility index (Phi) is 4.34. The van der Waals surface area contributed by atoms with E-state index in [0.29, 0.717) is 23.9 Å². The molecule has 1 N–H and O–H groups in total. The van der Waals surface area contributed by atoms with E-state index in [2.05, 4.69) is 24.1 Å². The minimum atomic E-state index is 0.317. The topological polar surface area (TPSA) is 32.3 Å². The summed E-state index contributed by atoms with van der Waals surface area (Å²) in [6.45, 7) is 6.28. The van der Waals surface area contributed by atoms with Crippen molar-refractivity contribution >= 4 is 5.91 Å². The Morgan fingerprint density at radius 1 is 0.950 bits per heavy atom. The molecule has 2 aliphatic carbocycles. The molecule has 1 amide bonds. The van der Waals surface area contributed by atoms with Crippen LogP contribution in [0.15, 0.2) is 0 Å². The zero-order chi connectivity index (χ0) is 14.1. The molecule has 0 spiro atoms. The number of carbonyl (C=O) groups excluding carboxylic acids is 1. The summed E-state index contributed by atoms with van der Waals surface area (Å²) in [4.78, 5) is 15.1. The summed E-state index contributed by atoms with van der Waals surface area (Å²) in [5.74, 6) is 2.55. The van der Waals surface area contributed by atoms with Gasteiger partial charge < -0.3 is 10.2 Å². The van der Waals surface area contributed by atoms with Crippen LogP contribution in [0.3, 0.4) is 0 Å². The number of amides is 1. The predicted octanol–water partition coefficient (Wildman–Crippen LogP) is 2.80. The van der Waals surface area contributed by atoms with Crippen LogP contribution in [-0.2, 0) is 4.79 Å². The molecule has 3 heteroatoms. The van der Waals surface area contributed by atoms with Gasteiger partial charge in [0.25, 0.3) is 0 Å². The highest BCUT2D eigenvalue weighted by atomic mass is 16.2. The van der Waals surface area contributed by atoms with E-state index in [0.717, 1.165) is 31.3 Å². The molecule has 0 aromatic rings. The molecule has 5 atom stereocenters. The van der Waals surface area contributed by atoms with Crippen molar-refractivity contribution in [2.24, 2.45) is 17.8 Å². The van der Waals surface area contributed by atoms with Crippen LogP contribution in [-0.4, -0.2) is 36.0 Å². The lowest BCUT2D eigenvalue weighted by atomic mass is 9.67. The molecule has 1 heterocycles. The number of carbonyl (C=O) groups is 1. The van der Waals surface area contributed by atoms with Crippen molar-refractivity contribution in [2.75, 3.05) is 13.1 Å². The lowest BCUT2D eigenvalue weighted by Gasteiger charge is -2.44. The highest BCUT2D eigenvalue weighted by Crippen LogP contribution is 2.43. The maximum atomic E-state index is 12.9. The minimum absolute atomic E-state index is 0.317. The number of rotatable bonds is 1. The van der Waals surface area contributed by atoms with E-state index in [-0.39, 0.29) is 0 Å². The average Bonchev–Trinajstić information content (AvgIpc) is 2.46. The van der Waals surface area contributed by atoms with E-state index in [1.165, 1.54) is 38.5 Å². The van der Waals surface area contributed by atoms with Gasteiger partial charge in [-0.2, -0.15) is 0 Å². The second kappa shape index (κ2) is 6.05. The molecule has 114 valence electrons. The Morgan fingerprint density at radius 3 is 2.30 bits per heavy atom. The standard InChI is InChI=1S/C17H30N2O/c1-12-10-18-11-13(2)19(12)17(20)16-8-7-14-5-3-4-6-15(14)9-16/h12-16,18H,3-11H2,1-2H3. The maximum Gasteiger partial charge on any atom is 0.226 e. The third kappa shape index (κ3) is 2.74. The van der Waals surface area contributed by atoms with Crippen molar-refractivity contribution in [3.8, 4) is 0 Å². The summed E-state index contributed by atoms with van der Waals surface area (Å²) >= 11 is 0. The van der Waals surface area contributed by atoms with Crippen molar-refractivity contribution in [3.63, 3.8) is 0 Å². The summed E-state index contributed by atoms with van der Waals surface area (Å²) in [6, 6.07) is 0.714. The van der Waals surface area contributed by atoms with Crippen LogP contribution in [0.4, 0.5) is 0 Å². The molecule has 1 saturated heterocycles. The summed E-state index contributed by atoms with van der Waals surface area (Å²) in [5, 5.41) is 3.42. The molecule has 3 rings (SSSR count). The Hall–Kier alpha value is -0.570. The summed E-state index contributed by atoms with van der Waals surface area (Å²) in [6.07, 6.45) is 9.23. The normalized spacial score (nSPS) is 42.1. The monoisotopic (exact) mass is 278 g/mol. The number of piperazine rings is 1. The van der Waals surface area contributed by atoms with Gasteiger partial charge in [0.15, 0.2) is 0 Å². The van der Waals surface area contributed by atoms with Crippen LogP contribution in [0, 0.1) is 17.8 Å². The Labute approximate surface area is 123 Å². The molecule has 5 unspecified atom stereocenters. The molecule has 3 nitrogen and oxygen atoms in total. The van der Waals surface area contributed by atoms with Gasteiger partial charge in [0.1, 0.15) is 0 Å². The summed E-state index contributed by atoms with van der Waals surface area (Å²) in [7, 11) is 0. The van der Waals surface area contributed by atoms with Gasteiger partial charge in [-0.15, -0.1) is 0 Å². The van der Waals surface area contributed by atoms with Crippen LogP contribution < -0.4 is 5.32 Å². The summed E-state index contributed by atoms with van der Waals surface area (Å²) < 4.78 is 0. The Morgan fingerprint density at radius 2 is 1.60 bits per heavy atom. The number of fused-ring (bicyclic) bond motifs is 1. The number of hydrogen-bond donors (Lipinski definition) is 1. The van der Waals surface area contributed by atoms with Gasteiger partial charge in [-0.1, -0.05) is 25.7 Å². The van der Waals surface area contributed by atoms with E-state index in [1.54, 1.807) is 0 Å². The first-order valence-electron chi connectivity index (χ1n) is 8.69. The zero-order valence-corrected chi connectivity index (χ0v) is 13.1. The zero-order valence-electron chi connectivity index (χ0n) is 13.1. The van der Waals surface area contributed by atoms with Crippen molar-refractivity contribution in [1.29, 1.82) is 0 Å². The van der Waals surface area contributed by atoms with E-state index < -0.39 is 0 Å². The van der Waals surface area contributed by atoms with Gasteiger partial charge in [0.2, 0.25) is 5.91 Å². The van der Waals surface area contributed by atoms with Gasteiger partial charge in [-0.25, -0.2) is 0 Å². The summed E-state index contributed by atoms with van der Waals surface area (Å²) in [5.41, 5.74) is 0.